The van der Waals surface area contributed by atoms with Crippen LogP contribution in [0.1, 0.15) is 18.4 Å². The fraction of sp³-hybridized carbons (Fsp3) is 0.250. The average Bonchev–Trinajstić information content (AvgIpc) is 3.26. The van der Waals surface area contributed by atoms with Crippen molar-refractivity contribution in [1.82, 2.24) is 5.32 Å². The lowest BCUT2D eigenvalue weighted by Gasteiger charge is -2.10. The van der Waals surface area contributed by atoms with Gasteiger partial charge in [-0.1, -0.05) is 29.8 Å². The van der Waals surface area contributed by atoms with Crippen LogP contribution in [0.25, 0.3) is 0 Å². The quantitative estimate of drug-likeness (QED) is 0.874. The third kappa shape index (κ3) is 3.30. The summed E-state index contributed by atoms with van der Waals surface area (Å²) in [6.45, 7) is 0.688. The van der Waals surface area contributed by atoms with E-state index in [-0.39, 0.29) is 11.6 Å². The molecule has 3 rings (SSSR count). The molecule has 0 saturated heterocycles. The van der Waals surface area contributed by atoms with Crippen LogP contribution in [0, 0.1) is 5.82 Å². The van der Waals surface area contributed by atoms with Gasteiger partial charge in [-0.2, -0.15) is 0 Å². The second kappa shape index (κ2) is 5.81. The van der Waals surface area contributed by atoms with Gasteiger partial charge in [-0.05, 0) is 42.7 Å². The average molecular weight is 292 g/mol. The number of halogens is 2. The first-order chi connectivity index (χ1) is 9.72. The molecule has 0 radical (unpaired) electrons. The van der Waals surface area contributed by atoms with E-state index in [9.17, 15) is 4.39 Å². The smallest absolute Gasteiger partial charge is 0.166 e. The molecule has 2 nitrogen and oxygen atoms in total. The lowest BCUT2D eigenvalue weighted by Crippen LogP contribution is -2.15. The van der Waals surface area contributed by atoms with Crippen LogP contribution < -0.4 is 10.1 Å². The number of hydrogen-bond donors (Lipinski definition) is 1. The molecule has 0 aliphatic heterocycles. The van der Waals surface area contributed by atoms with Crippen molar-refractivity contribution in [2.75, 3.05) is 0 Å². The molecule has 0 amide bonds. The van der Waals surface area contributed by atoms with Crippen molar-refractivity contribution in [2.24, 2.45) is 0 Å². The molecule has 2 aromatic carbocycles. The minimum atomic E-state index is -0.375. The molecular weight excluding hydrogens is 277 g/mol. The Morgan fingerprint density at radius 1 is 1.15 bits per heavy atom. The van der Waals surface area contributed by atoms with E-state index in [2.05, 4.69) is 5.32 Å². The SMILES string of the molecule is Fc1cc(CNC2CC2)ccc1Oc1ccccc1Cl. The number of para-hydroxylation sites is 1. The summed E-state index contributed by atoms with van der Waals surface area (Å²) in [7, 11) is 0. The van der Waals surface area contributed by atoms with E-state index in [0.717, 1.165) is 5.56 Å². The highest BCUT2D eigenvalue weighted by molar-refractivity contribution is 6.32. The van der Waals surface area contributed by atoms with Crippen LogP contribution >= 0.6 is 11.6 Å². The third-order valence-electron chi connectivity index (χ3n) is 3.23. The Labute approximate surface area is 122 Å². The Bertz CT molecular complexity index is 613. The second-order valence-corrected chi connectivity index (χ2v) is 5.36. The van der Waals surface area contributed by atoms with Gasteiger partial charge in [0.25, 0.3) is 0 Å². The molecule has 4 heteroatoms. The molecule has 104 valence electrons. The largest absolute Gasteiger partial charge is 0.453 e. The number of hydrogen-bond acceptors (Lipinski definition) is 2. The molecule has 0 bridgehead atoms. The predicted octanol–water partition coefficient (Wildman–Crippen LogP) is 4.52. The molecule has 1 saturated carbocycles. The van der Waals surface area contributed by atoms with Crippen molar-refractivity contribution in [3.63, 3.8) is 0 Å². The molecule has 0 spiro atoms. The van der Waals surface area contributed by atoms with Crippen LogP contribution in [0.3, 0.4) is 0 Å². The molecule has 1 aliphatic carbocycles. The fourth-order valence-corrected chi connectivity index (χ4v) is 2.11. The fourth-order valence-electron chi connectivity index (χ4n) is 1.93. The summed E-state index contributed by atoms with van der Waals surface area (Å²) >= 11 is 5.99. The second-order valence-electron chi connectivity index (χ2n) is 4.95. The highest BCUT2D eigenvalue weighted by Gasteiger charge is 2.20. The minimum absolute atomic E-state index is 0.188. The first kappa shape index (κ1) is 13.4. The maximum atomic E-state index is 14.0. The van der Waals surface area contributed by atoms with Gasteiger partial charge in [0.2, 0.25) is 0 Å². The van der Waals surface area contributed by atoms with Crippen LogP contribution in [-0.2, 0) is 6.54 Å². The summed E-state index contributed by atoms with van der Waals surface area (Å²) in [6, 6.07) is 12.6. The Morgan fingerprint density at radius 3 is 2.65 bits per heavy atom. The number of ether oxygens (including phenoxy) is 1. The van der Waals surface area contributed by atoms with Crippen molar-refractivity contribution < 1.29 is 9.13 Å². The van der Waals surface area contributed by atoms with E-state index in [1.807, 2.05) is 6.07 Å². The lowest BCUT2D eigenvalue weighted by atomic mass is 10.2. The van der Waals surface area contributed by atoms with E-state index in [1.165, 1.54) is 18.9 Å². The maximum absolute atomic E-state index is 14.0. The van der Waals surface area contributed by atoms with Crippen molar-refractivity contribution in [3.05, 3.63) is 58.9 Å². The van der Waals surface area contributed by atoms with E-state index in [4.69, 9.17) is 16.3 Å². The van der Waals surface area contributed by atoms with Gasteiger partial charge in [0.05, 0.1) is 5.02 Å². The van der Waals surface area contributed by atoms with Crippen LogP contribution in [0.2, 0.25) is 5.02 Å². The first-order valence-corrected chi connectivity index (χ1v) is 7.04. The highest BCUT2D eigenvalue weighted by atomic mass is 35.5. The predicted molar refractivity (Wildman–Crippen MR) is 77.8 cm³/mol. The van der Waals surface area contributed by atoms with Crippen molar-refractivity contribution >= 4 is 11.6 Å². The number of benzene rings is 2. The summed E-state index contributed by atoms with van der Waals surface area (Å²) in [5.41, 5.74) is 0.918. The molecular formula is C16H15ClFNO. The molecule has 2 aromatic rings. The van der Waals surface area contributed by atoms with Gasteiger partial charge in [-0.25, -0.2) is 4.39 Å². The number of nitrogens with one attached hydrogen (secondary N) is 1. The molecule has 0 aromatic heterocycles. The molecule has 0 heterocycles. The Balaban J connectivity index is 1.71. The maximum Gasteiger partial charge on any atom is 0.166 e. The molecule has 0 atom stereocenters. The van der Waals surface area contributed by atoms with Crippen LogP contribution in [0.5, 0.6) is 11.5 Å². The third-order valence-corrected chi connectivity index (χ3v) is 3.54. The zero-order valence-electron chi connectivity index (χ0n) is 10.9. The van der Waals surface area contributed by atoms with Crippen LogP contribution in [0.15, 0.2) is 42.5 Å². The Morgan fingerprint density at radius 2 is 1.95 bits per heavy atom. The van der Waals surface area contributed by atoms with Gasteiger partial charge in [0.15, 0.2) is 11.6 Å². The van der Waals surface area contributed by atoms with Crippen molar-refractivity contribution in [1.29, 1.82) is 0 Å². The Hall–Kier alpha value is -1.58. The van der Waals surface area contributed by atoms with Gasteiger partial charge in [0, 0.05) is 12.6 Å². The number of rotatable bonds is 5. The van der Waals surface area contributed by atoms with E-state index in [0.29, 0.717) is 23.4 Å². The molecule has 1 N–H and O–H groups in total. The van der Waals surface area contributed by atoms with Gasteiger partial charge >= 0.3 is 0 Å². The zero-order chi connectivity index (χ0) is 13.9. The van der Waals surface area contributed by atoms with Gasteiger partial charge in [-0.3, -0.25) is 0 Å². The molecule has 1 aliphatic rings. The van der Waals surface area contributed by atoms with Crippen LogP contribution in [-0.4, -0.2) is 6.04 Å². The summed E-state index contributed by atoms with van der Waals surface area (Å²) in [4.78, 5) is 0. The van der Waals surface area contributed by atoms with E-state index in [1.54, 1.807) is 30.3 Å². The summed E-state index contributed by atoms with van der Waals surface area (Å²) in [6.07, 6.45) is 2.44. The van der Waals surface area contributed by atoms with Crippen molar-refractivity contribution in [3.8, 4) is 11.5 Å². The summed E-state index contributed by atoms with van der Waals surface area (Å²) in [5.74, 6) is 0.269. The first-order valence-electron chi connectivity index (χ1n) is 6.66. The molecule has 0 unspecified atom stereocenters. The van der Waals surface area contributed by atoms with Crippen molar-refractivity contribution in [2.45, 2.75) is 25.4 Å². The summed E-state index contributed by atoms with van der Waals surface area (Å²) < 4.78 is 19.5. The Kier molecular flexibility index (Phi) is 3.90. The van der Waals surface area contributed by atoms with E-state index >= 15 is 0 Å². The molecule has 20 heavy (non-hydrogen) atoms. The topological polar surface area (TPSA) is 21.3 Å². The van der Waals surface area contributed by atoms with Gasteiger partial charge in [0.1, 0.15) is 5.75 Å². The zero-order valence-corrected chi connectivity index (χ0v) is 11.7. The summed E-state index contributed by atoms with van der Waals surface area (Å²) in [5, 5.41) is 3.81. The van der Waals surface area contributed by atoms with Gasteiger partial charge < -0.3 is 10.1 Å². The lowest BCUT2D eigenvalue weighted by molar-refractivity contribution is 0.441. The van der Waals surface area contributed by atoms with Gasteiger partial charge in [-0.15, -0.1) is 0 Å². The standard InChI is InChI=1S/C16H15ClFNO/c17-13-3-1-2-4-15(13)20-16-8-5-11(9-14(16)18)10-19-12-6-7-12/h1-5,8-9,12,19H,6-7,10H2. The minimum Gasteiger partial charge on any atom is -0.453 e. The normalized spacial score (nSPS) is 14.3. The van der Waals surface area contributed by atoms with Crippen LogP contribution in [0.4, 0.5) is 4.39 Å². The highest BCUT2D eigenvalue weighted by Crippen LogP contribution is 2.30. The monoisotopic (exact) mass is 291 g/mol. The molecule has 1 fully saturated rings. The van der Waals surface area contributed by atoms with E-state index < -0.39 is 0 Å².